The molecule has 0 bridgehead atoms. The summed E-state index contributed by atoms with van der Waals surface area (Å²) in [6.07, 6.45) is 1.47. The van der Waals surface area contributed by atoms with Crippen molar-refractivity contribution in [3.8, 4) is 0 Å². The van der Waals surface area contributed by atoms with Gasteiger partial charge in [-0.3, -0.25) is 0 Å². The zero-order chi connectivity index (χ0) is 4.71. The molecule has 0 saturated heterocycles. The first kappa shape index (κ1) is 9.73. The Balaban J connectivity index is 0. The van der Waals surface area contributed by atoms with Crippen LogP contribution >= 0.6 is 30.7 Å². The molecule has 0 N–H and O–H groups in total. The van der Waals surface area contributed by atoms with Crippen LogP contribution in [0.2, 0.25) is 0 Å². The van der Waals surface area contributed by atoms with E-state index >= 15 is 0 Å². The average Bonchev–Trinajstić information content (AvgIpc) is 1.46. The molecule has 0 fully saturated rings. The summed E-state index contributed by atoms with van der Waals surface area (Å²) in [7, 11) is 9.63. The third kappa shape index (κ3) is 29.4. The summed E-state index contributed by atoms with van der Waals surface area (Å²) in [5.74, 6) is 0. The monoisotopic (exact) mass is 226 g/mol. The Morgan fingerprint density at radius 1 is 1.20 bits per heavy atom. The van der Waals surface area contributed by atoms with Crippen LogP contribution in [0.15, 0.2) is 0 Å². The van der Waals surface area contributed by atoms with Gasteiger partial charge in [-0.2, -0.15) is 0 Å². The summed E-state index contributed by atoms with van der Waals surface area (Å²) in [5.41, 5.74) is 0. The average molecular weight is 228 g/mol. The van der Waals surface area contributed by atoms with Gasteiger partial charge in [0.1, 0.15) is 0 Å². The van der Waals surface area contributed by atoms with Crippen molar-refractivity contribution in [3.63, 3.8) is 0 Å². The van der Waals surface area contributed by atoms with Crippen molar-refractivity contribution < 1.29 is 15.9 Å². The fourth-order valence-electron chi connectivity index (χ4n) is 0. The zero-order valence-electron chi connectivity index (χ0n) is 2.45. The van der Waals surface area contributed by atoms with Gasteiger partial charge in [0.2, 0.25) is 0 Å². The molecule has 0 nitrogen and oxygen atoms in total. The fraction of sp³-hybridized carbons (Fsp3) is 1.00. The van der Waals surface area contributed by atoms with E-state index in [4.69, 9.17) is 19.1 Å². The van der Waals surface area contributed by atoms with Crippen molar-refractivity contribution in [3.05, 3.63) is 0 Å². The molecular weight excluding hydrogens is 225 g/mol. The SMILES string of the molecule is CCl.[Cl][Pd][Cl]. The molecule has 0 unspecified atom stereocenters. The summed E-state index contributed by atoms with van der Waals surface area (Å²) in [5, 5.41) is 0. The number of halogens is 3. The molecule has 0 spiro atoms. The normalized spacial score (nSPS) is 5.60. The van der Waals surface area contributed by atoms with Crippen molar-refractivity contribution in [2.45, 2.75) is 0 Å². The minimum absolute atomic E-state index is 0.106. The molecule has 0 aliphatic heterocycles. The Hall–Kier alpha value is 1.53. The molecule has 0 aliphatic carbocycles. The molecule has 0 aliphatic rings. The van der Waals surface area contributed by atoms with E-state index < -0.39 is 0 Å². The first-order chi connectivity index (χ1) is 2.41. The van der Waals surface area contributed by atoms with Crippen molar-refractivity contribution in [1.29, 1.82) is 0 Å². The van der Waals surface area contributed by atoms with Crippen molar-refractivity contribution in [1.82, 2.24) is 0 Å². The maximum atomic E-state index is 4.81. The van der Waals surface area contributed by atoms with Crippen LogP contribution < -0.4 is 0 Å². The van der Waals surface area contributed by atoms with E-state index in [1.165, 1.54) is 6.38 Å². The molecule has 4 heteroatoms. The topological polar surface area (TPSA) is 0 Å². The van der Waals surface area contributed by atoms with E-state index in [-0.39, 0.29) is 15.9 Å². The molecule has 0 aromatic heterocycles. The van der Waals surface area contributed by atoms with Gasteiger partial charge in [0.25, 0.3) is 0 Å². The van der Waals surface area contributed by atoms with Crippen LogP contribution in [0.4, 0.5) is 0 Å². The van der Waals surface area contributed by atoms with Crippen LogP contribution in [-0.2, 0) is 15.9 Å². The van der Waals surface area contributed by atoms with Gasteiger partial charge in [-0.05, 0) is 0 Å². The van der Waals surface area contributed by atoms with E-state index in [9.17, 15) is 0 Å². The van der Waals surface area contributed by atoms with Gasteiger partial charge < -0.3 is 0 Å². The summed E-state index contributed by atoms with van der Waals surface area (Å²) >= 11 is 4.53. The van der Waals surface area contributed by atoms with Gasteiger partial charge in [0.05, 0.1) is 0 Å². The minimum atomic E-state index is -0.106. The number of rotatable bonds is 0. The van der Waals surface area contributed by atoms with Crippen LogP contribution in [0.25, 0.3) is 0 Å². The van der Waals surface area contributed by atoms with E-state index in [1.807, 2.05) is 0 Å². The van der Waals surface area contributed by atoms with Gasteiger partial charge >= 0.3 is 35.0 Å². The van der Waals surface area contributed by atoms with Crippen LogP contribution in [0.1, 0.15) is 0 Å². The van der Waals surface area contributed by atoms with Gasteiger partial charge in [-0.25, -0.2) is 0 Å². The molecule has 0 atom stereocenters. The second-order valence-corrected chi connectivity index (χ2v) is 2.41. The number of alkyl halides is 1. The van der Waals surface area contributed by atoms with E-state index in [2.05, 4.69) is 11.6 Å². The van der Waals surface area contributed by atoms with Crippen LogP contribution in [0.5, 0.6) is 0 Å². The van der Waals surface area contributed by atoms with Gasteiger partial charge in [-0.1, -0.05) is 0 Å². The van der Waals surface area contributed by atoms with E-state index in [1.54, 1.807) is 0 Å². The molecule has 0 saturated carbocycles. The van der Waals surface area contributed by atoms with Crippen molar-refractivity contribution in [2.24, 2.45) is 0 Å². The molecule has 38 valence electrons. The second kappa shape index (κ2) is 17.7. The zero-order valence-corrected chi connectivity index (χ0v) is 6.27. The van der Waals surface area contributed by atoms with Crippen molar-refractivity contribution >= 4 is 30.7 Å². The fourth-order valence-corrected chi connectivity index (χ4v) is 0. The van der Waals surface area contributed by atoms with Gasteiger partial charge in [-0.15, -0.1) is 11.6 Å². The Morgan fingerprint density at radius 3 is 1.20 bits per heavy atom. The molecule has 0 heterocycles. The molecule has 0 aromatic rings. The molecule has 0 aromatic carbocycles. The standard InChI is InChI=1S/CH3Cl.2ClH.Pd/c1-2;;;/h1H3;2*1H;/q;;;+2/p-2. The maximum absolute atomic E-state index is 4.81. The first-order valence-electron chi connectivity index (χ1n) is 0.617. The summed E-state index contributed by atoms with van der Waals surface area (Å²) in [6.45, 7) is 0. The van der Waals surface area contributed by atoms with Crippen molar-refractivity contribution in [2.75, 3.05) is 6.38 Å². The molecule has 0 rings (SSSR count). The van der Waals surface area contributed by atoms with Gasteiger partial charge in [0.15, 0.2) is 0 Å². The summed E-state index contributed by atoms with van der Waals surface area (Å²) in [6, 6.07) is 0. The van der Waals surface area contributed by atoms with Crippen LogP contribution in [0, 0.1) is 0 Å². The first-order valence-corrected chi connectivity index (χ1v) is 5.38. The molecule has 0 amide bonds. The Morgan fingerprint density at radius 2 is 1.20 bits per heavy atom. The van der Waals surface area contributed by atoms with Gasteiger partial charge in [0, 0.05) is 6.38 Å². The Kier molecular flexibility index (Phi) is 34.5. The van der Waals surface area contributed by atoms with E-state index in [0.29, 0.717) is 0 Å². The predicted octanol–water partition coefficient (Wildman–Crippen LogP) is 2.23. The third-order valence-corrected chi connectivity index (χ3v) is 0. The summed E-state index contributed by atoms with van der Waals surface area (Å²) in [4.78, 5) is 0. The van der Waals surface area contributed by atoms with Crippen LogP contribution in [-0.4, -0.2) is 6.38 Å². The number of hydrogen-bond acceptors (Lipinski definition) is 0. The summed E-state index contributed by atoms with van der Waals surface area (Å²) < 4.78 is 0. The molecule has 5 heavy (non-hydrogen) atoms. The van der Waals surface area contributed by atoms with E-state index in [0.717, 1.165) is 0 Å². The predicted molar refractivity (Wildman–Crippen MR) is 23.5 cm³/mol. The third-order valence-electron chi connectivity index (χ3n) is 0. The molecular formula is CH3Cl3Pd. The van der Waals surface area contributed by atoms with Crippen LogP contribution in [0.3, 0.4) is 0 Å². The molecule has 0 radical (unpaired) electrons. The number of hydrogen-bond donors (Lipinski definition) is 0. The Labute approximate surface area is 52.9 Å². The second-order valence-electron chi connectivity index (χ2n) is 0.0452. The quantitative estimate of drug-likeness (QED) is 0.440. The Bertz CT molecular complexity index is 6.85.